The Hall–Kier alpha value is -3.55. The molecule has 0 amide bonds. The second kappa shape index (κ2) is 25.0. The predicted molar refractivity (Wildman–Crippen MR) is 224 cm³/mol. The molecule has 0 aromatic heterocycles. The number of nitrogens with zero attached hydrogens (tertiary/aromatic N) is 3. The second-order valence-electron chi connectivity index (χ2n) is 16.4. The van der Waals surface area contributed by atoms with Crippen LogP contribution in [0.15, 0.2) is 77.9 Å². The molecule has 2 aromatic rings. The minimum Gasteiger partial charge on any atom is -0.454 e. The Bertz CT molecular complexity index is 1530. The first-order chi connectivity index (χ1) is 27.3. The van der Waals surface area contributed by atoms with Crippen molar-refractivity contribution >= 4 is 20.3 Å². The van der Waals surface area contributed by atoms with E-state index in [1.807, 2.05) is 6.08 Å². The number of carbonyl (C=O) groups excluding carboxylic acids is 2. The van der Waals surface area contributed by atoms with Gasteiger partial charge in [-0.15, -0.1) is 0 Å². The molecule has 57 heavy (non-hydrogen) atoms. The zero-order valence-electron chi connectivity index (χ0n) is 35.0. The van der Waals surface area contributed by atoms with Crippen LogP contribution in [0.5, 0.6) is 0 Å². The third kappa shape index (κ3) is 16.3. The summed E-state index contributed by atoms with van der Waals surface area (Å²) in [5.74, 6) is -1.35. The average molecular weight is 810 g/mol. The monoisotopic (exact) mass is 809 g/mol. The van der Waals surface area contributed by atoms with E-state index in [2.05, 4.69) is 50.8 Å². The number of ether oxygens (including phenoxy) is 4. The van der Waals surface area contributed by atoms with E-state index in [0.29, 0.717) is 5.56 Å². The van der Waals surface area contributed by atoms with Gasteiger partial charge in [0.05, 0.1) is 24.3 Å². The van der Waals surface area contributed by atoms with Gasteiger partial charge in [0.15, 0.2) is 20.7 Å². The molecule has 1 aliphatic heterocycles. The van der Waals surface area contributed by atoms with Crippen molar-refractivity contribution in [3.8, 4) is 0 Å². The van der Waals surface area contributed by atoms with E-state index >= 15 is 0 Å². The number of unbranched alkanes of at least 4 members (excludes halogenated alkanes) is 11. The number of aliphatic hydroxyl groups is 2. The Morgan fingerprint density at radius 2 is 1.40 bits per heavy atom. The standard InChI is InChI=1S/C44H67N3O9Si/c1-7-8-9-10-11-12-13-14-15-16-17-18-25-30-36(54-41(50)33-26-21-19-22-27-33)35(46-47-45)31-52-43-39(49)40(56-42(51)34-28-23-20-24-29-34)38(48)37(55-43)32-53-57(5,6)44(2,3)4/h19-30,35-40,43,48-49H,7-18,31-32H2,1-6H3/t35-,36+,37+,38+,39-,40-,43-/m0/s1. The SMILES string of the molecule is CCCCCCCCCCCCCC=C[C@@H](OC(=O)c1ccccc1)[C@H](CO[C@H]1O[C@H](CO[Si](C)(C)C(C)(C)C)[C@@H](O)[C@H](OC(=O)c2ccccc2)[C@@H]1O)N=[N+]=[N-]. The highest BCUT2D eigenvalue weighted by molar-refractivity contribution is 6.74. The number of aliphatic hydroxyl groups excluding tert-OH is 2. The van der Waals surface area contributed by atoms with Gasteiger partial charge in [0.1, 0.15) is 30.5 Å². The maximum atomic E-state index is 13.2. The molecule has 1 fully saturated rings. The number of hydrogen-bond donors (Lipinski definition) is 2. The summed E-state index contributed by atoms with van der Waals surface area (Å²) in [6, 6.07) is 15.7. The van der Waals surface area contributed by atoms with Crippen LogP contribution in [0.3, 0.4) is 0 Å². The summed E-state index contributed by atoms with van der Waals surface area (Å²) in [5, 5.41) is 26.7. The van der Waals surface area contributed by atoms with Crippen molar-refractivity contribution in [3.05, 3.63) is 94.4 Å². The van der Waals surface area contributed by atoms with Crippen LogP contribution < -0.4 is 0 Å². The Morgan fingerprint density at radius 3 is 1.95 bits per heavy atom. The molecule has 0 spiro atoms. The van der Waals surface area contributed by atoms with Crippen LogP contribution in [-0.2, 0) is 23.4 Å². The predicted octanol–water partition coefficient (Wildman–Crippen LogP) is 9.86. The fourth-order valence-corrected chi connectivity index (χ4v) is 7.23. The van der Waals surface area contributed by atoms with Gasteiger partial charge in [-0.25, -0.2) is 9.59 Å². The first kappa shape index (κ1) is 47.8. The number of rotatable bonds is 25. The van der Waals surface area contributed by atoms with E-state index in [4.69, 9.17) is 23.4 Å². The molecule has 7 atom stereocenters. The maximum Gasteiger partial charge on any atom is 0.338 e. The van der Waals surface area contributed by atoms with Crippen LogP contribution in [0.4, 0.5) is 0 Å². The second-order valence-corrected chi connectivity index (χ2v) is 21.2. The average Bonchev–Trinajstić information content (AvgIpc) is 3.19. The fourth-order valence-electron chi connectivity index (χ4n) is 6.21. The quantitative estimate of drug-likeness (QED) is 0.0189. The van der Waals surface area contributed by atoms with Crippen molar-refractivity contribution < 1.29 is 43.2 Å². The van der Waals surface area contributed by atoms with Gasteiger partial charge >= 0.3 is 11.9 Å². The molecule has 2 aromatic carbocycles. The molecule has 0 bridgehead atoms. The van der Waals surface area contributed by atoms with E-state index in [9.17, 15) is 25.3 Å². The van der Waals surface area contributed by atoms with Gasteiger partial charge in [-0.3, -0.25) is 0 Å². The molecule has 316 valence electrons. The zero-order chi connectivity index (χ0) is 41.7. The lowest BCUT2D eigenvalue weighted by Gasteiger charge is -2.44. The number of carbonyl (C=O) groups is 2. The minimum atomic E-state index is -2.32. The summed E-state index contributed by atoms with van der Waals surface area (Å²) in [5.41, 5.74) is 10.2. The summed E-state index contributed by atoms with van der Waals surface area (Å²) in [4.78, 5) is 29.4. The van der Waals surface area contributed by atoms with Crippen LogP contribution in [0.2, 0.25) is 18.1 Å². The third-order valence-electron chi connectivity index (χ3n) is 10.9. The first-order valence-corrected chi connectivity index (χ1v) is 23.7. The number of esters is 2. The Morgan fingerprint density at radius 1 is 0.860 bits per heavy atom. The normalized spacial score (nSPS) is 21.1. The Kier molecular flexibility index (Phi) is 21.0. The summed E-state index contributed by atoms with van der Waals surface area (Å²) < 4.78 is 30.1. The van der Waals surface area contributed by atoms with E-state index in [1.54, 1.807) is 66.7 Å². The van der Waals surface area contributed by atoms with E-state index in [-0.39, 0.29) is 23.8 Å². The van der Waals surface area contributed by atoms with E-state index in [1.165, 1.54) is 51.4 Å². The molecule has 1 heterocycles. The van der Waals surface area contributed by atoms with Gasteiger partial charge in [-0.1, -0.05) is 139 Å². The van der Waals surface area contributed by atoms with Crippen LogP contribution >= 0.6 is 0 Å². The van der Waals surface area contributed by atoms with Gasteiger partial charge in [0.2, 0.25) is 0 Å². The highest BCUT2D eigenvalue weighted by atomic mass is 28.4. The maximum absolute atomic E-state index is 13.2. The van der Waals surface area contributed by atoms with Crippen LogP contribution in [0.1, 0.15) is 125 Å². The lowest BCUT2D eigenvalue weighted by Crippen LogP contribution is -2.61. The summed E-state index contributed by atoms with van der Waals surface area (Å²) >= 11 is 0. The Balaban J connectivity index is 1.73. The highest BCUT2D eigenvalue weighted by Crippen LogP contribution is 2.37. The van der Waals surface area contributed by atoms with Crippen molar-refractivity contribution in [2.24, 2.45) is 5.11 Å². The van der Waals surface area contributed by atoms with Crippen LogP contribution in [-0.4, -0.2) is 86.5 Å². The molecule has 13 heteroatoms. The molecule has 0 radical (unpaired) electrons. The molecule has 2 N–H and O–H groups in total. The zero-order valence-corrected chi connectivity index (χ0v) is 36.0. The summed E-state index contributed by atoms with van der Waals surface area (Å²) in [6.45, 7) is 12.2. The molecular formula is C44H67N3O9Si. The number of benzene rings is 2. The lowest BCUT2D eigenvalue weighted by molar-refractivity contribution is -0.300. The highest BCUT2D eigenvalue weighted by Gasteiger charge is 2.49. The van der Waals surface area contributed by atoms with Crippen molar-refractivity contribution in [3.63, 3.8) is 0 Å². The summed E-state index contributed by atoms with van der Waals surface area (Å²) in [6.07, 6.45) is 9.86. The van der Waals surface area contributed by atoms with Crippen molar-refractivity contribution in [1.82, 2.24) is 0 Å². The van der Waals surface area contributed by atoms with Crippen molar-refractivity contribution in [2.45, 2.75) is 166 Å². The topological polar surface area (TPSA) is 170 Å². The van der Waals surface area contributed by atoms with Crippen molar-refractivity contribution in [1.29, 1.82) is 0 Å². The van der Waals surface area contributed by atoms with Gasteiger partial charge < -0.3 is 33.6 Å². The van der Waals surface area contributed by atoms with E-state index < -0.39 is 63.1 Å². The minimum absolute atomic E-state index is 0.0531. The number of hydrogen-bond acceptors (Lipinski definition) is 10. The molecule has 0 saturated carbocycles. The molecule has 0 aliphatic carbocycles. The fraction of sp³-hybridized carbons (Fsp3) is 0.636. The molecule has 1 aliphatic rings. The first-order valence-electron chi connectivity index (χ1n) is 20.8. The third-order valence-corrected chi connectivity index (χ3v) is 15.4. The van der Waals surface area contributed by atoms with Crippen molar-refractivity contribution in [2.75, 3.05) is 13.2 Å². The molecule has 0 unspecified atom stereocenters. The van der Waals surface area contributed by atoms with Gasteiger partial charge in [-0.2, -0.15) is 0 Å². The smallest absolute Gasteiger partial charge is 0.338 e. The summed E-state index contributed by atoms with van der Waals surface area (Å²) in [7, 11) is -2.32. The molecule has 1 saturated heterocycles. The molecule has 3 rings (SSSR count). The van der Waals surface area contributed by atoms with Gasteiger partial charge in [0, 0.05) is 4.91 Å². The van der Waals surface area contributed by atoms with Crippen LogP contribution in [0, 0.1) is 0 Å². The molecular weight excluding hydrogens is 743 g/mol. The number of allylic oxidation sites excluding steroid dienone is 1. The molecule has 12 nitrogen and oxygen atoms in total. The van der Waals surface area contributed by atoms with E-state index in [0.717, 1.165) is 25.7 Å². The van der Waals surface area contributed by atoms with Gasteiger partial charge in [0.25, 0.3) is 0 Å². The Labute approximate surface area is 341 Å². The largest absolute Gasteiger partial charge is 0.454 e. The lowest BCUT2D eigenvalue weighted by atomic mass is 9.98. The van der Waals surface area contributed by atoms with Crippen LogP contribution in [0.25, 0.3) is 10.4 Å². The van der Waals surface area contributed by atoms with Gasteiger partial charge in [-0.05, 0) is 66.8 Å². The number of azide groups is 1.